The van der Waals surface area contributed by atoms with Crippen LogP contribution in [0, 0.1) is 0 Å². The van der Waals surface area contributed by atoms with E-state index >= 15 is 0 Å². The van der Waals surface area contributed by atoms with Crippen LogP contribution in [0.3, 0.4) is 0 Å². The van der Waals surface area contributed by atoms with E-state index in [4.69, 9.17) is 9.15 Å². The number of anilines is 1. The van der Waals surface area contributed by atoms with Gasteiger partial charge < -0.3 is 24.7 Å². The monoisotopic (exact) mass is 486 g/mol. The Morgan fingerprint density at radius 2 is 1.89 bits per heavy atom. The van der Waals surface area contributed by atoms with Crippen molar-refractivity contribution in [2.45, 2.75) is 12.8 Å². The minimum atomic E-state index is 0. The number of rotatable bonds is 11. The highest BCUT2D eigenvalue weighted by Gasteiger charge is 2.02. The zero-order valence-corrected chi connectivity index (χ0v) is 18.5. The molecule has 0 unspecified atom stereocenters. The first-order valence-electron chi connectivity index (χ1n) is 9.09. The number of hydrogen-bond acceptors (Lipinski definition) is 4. The van der Waals surface area contributed by atoms with Crippen molar-refractivity contribution in [2.75, 3.05) is 51.8 Å². The SMILES string of the molecule is COCCNC(=NCCCN(C)c1ccccc1)NCCc1ccco1.I. The van der Waals surface area contributed by atoms with E-state index in [1.165, 1.54) is 5.69 Å². The first kappa shape index (κ1) is 23.3. The molecule has 0 amide bonds. The van der Waals surface area contributed by atoms with Crippen LogP contribution in [-0.4, -0.2) is 52.9 Å². The highest BCUT2D eigenvalue weighted by molar-refractivity contribution is 14.0. The van der Waals surface area contributed by atoms with Crippen LogP contribution >= 0.6 is 24.0 Å². The molecule has 0 aliphatic heterocycles. The number of guanidine groups is 1. The van der Waals surface area contributed by atoms with Gasteiger partial charge in [-0.3, -0.25) is 4.99 Å². The van der Waals surface area contributed by atoms with Gasteiger partial charge in [0, 0.05) is 52.4 Å². The van der Waals surface area contributed by atoms with E-state index in [-0.39, 0.29) is 24.0 Å². The van der Waals surface area contributed by atoms with E-state index in [2.05, 4.69) is 51.8 Å². The van der Waals surface area contributed by atoms with Gasteiger partial charge >= 0.3 is 0 Å². The van der Waals surface area contributed by atoms with Crippen molar-refractivity contribution in [3.8, 4) is 0 Å². The number of furan rings is 1. The Bertz CT molecular complexity index is 620. The molecule has 2 N–H and O–H groups in total. The van der Waals surface area contributed by atoms with E-state index in [9.17, 15) is 0 Å². The molecule has 6 nitrogen and oxygen atoms in total. The molecule has 1 aromatic carbocycles. The smallest absolute Gasteiger partial charge is 0.191 e. The van der Waals surface area contributed by atoms with Gasteiger partial charge in [-0.15, -0.1) is 24.0 Å². The van der Waals surface area contributed by atoms with Crippen molar-refractivity contribution in [3.63, 3.8) is 0 Å². The van der Waals surface area contributed by atoms with Gasteiger partial charge in [0.1, 0.15) is 5.76 Å². The Balaban J connectivity index is 0.00000364. The molecule has 0 fully saturated rings. The first-order valence-corrected chi connectivity index (χ1v) is 9.09. The molecule has 0 radical (unpaired) electrons. The number of nitrogens with one attached hydrogen (secondary N) is 2. The Labute approximate surface area is 179 Å². The van der Waals surface area contributed by atoms with Crippen LogP contribution in [0.2, 0.25) is 0 Å². The van der Waals surface area contributed by atoms with Crippen molar-refractivity contribution in [1.82, 2.24) is 10.6 Å². The second kappa shape index (κ2) is 14.3. The number of benzene rings is 1. The first-order chi connectivity index (χ1) is 12.8. The molecule has 150 valence electrons. The van der Waals surface area contributed by atoms with Gasteiger partial charge in [-0.1, -0.05) is 18.2 Å². The average molecular weight is 486 g/mol. The number of ether oxygens (including phenoxy) is 1. The van der Waals surface area contributed by atoms with E-state index in [1.807, 2.05) is 18.2 Å². The zero-order valence-electron chi connectivity index (χ0n) is 16.2. The van der Waals surface area contributed by atoms with Crippen molar-refractivity contribution in [2.24, 2.45) is 4.99 Å². The van der Waals surface area contributed by atoms with E-state index in [1.54, 1.807) is 13.4 Å². The van der Waals surface area contributed by atoms with E-state index in [0.29, 0.717) is 6.61 Å². The number of hydrogen-bond donors (Lipinski definition) is 2. The molecular weight excluding hydrogens is 455 g/mol. The number of para-hydroxylation sites is 1. The van der Waals surface area contributed by atoms with Crippen molar-refractivity contribution in [1.29, 1.82) is 0 Å². The predicted octanol–water partition coefficient (Wildman–Crippen LogP) is 3.15. The molecule has 2 rings (SSSR count). The fraction of sp³-hybridized carbons (Fsp3) is 0.450. The van der Waals surface area contributed by atoms with Gasteiger partial charge in [0.05, 0.1) is 12.9 Å². The third kappa shape index (κ3) is 9.67. The Kier molecular flexibility index (Phi) is 12.4. The summed E-state index contributed by atoms with van der Waals surface area (Å²) >= 11 is 0. The summed E-state index contributed by atoms with van der Waals surface area (Å²) in [5.74, 6) is 1.79. The molecule has 1 aromatic heterocycles. The minimum absolute atomic E-state index is 0. The second-order valence-corrected chi connectivity index (χ2v) is 6.02. The molecule has 0 saturated carbocycles. The maximum Gasteiger partial charge on any atom is 0.191 e. The lowest BCUT2D eigenvalue weighted by Crippen LogP contribution is -2.40. The average Bonchev–Trinajstić information content (AvgIpc) is 3.19. The molecule has 0 aliphatic carbocycles. The Morgan fingerprint density at radius 1 is 1.11 bits per heavy atom. The Hall–Kier alpha value is -1.74. The lowest BCUT2D eigenvalue weighted by molar-refractivity contribution is 0.203. The fourth-order valence-electron chi connectivity index (χ4n) is 2.52. The summed E-state index contributed by atoms with van der Waals surface area (Å²) in [5, 5.41) is 6.64. The fourth-order valence-corrected chi connectivity index (χ4v) is 2.52. The third-order valence-corrected chi connectivity index (χ3v) is 3.96. The van der Waals surface area contributed by atoms with Crippen LogP contribution in [-0.2, 0) is 11.2 Å². The zero-order chi connectivity index (χ0) is 18.5. The van der Waals surface area contributed by atoms with Gasteiger partial charge in [0.2, 0.25) is 0 Å². The van der Waals surface area contributed by atoms with E-state index in [0.717, 1.165) is 50.7 Å². The quantitative estimate of drug-likeness (QED) is 0.221. The normalized spacial score (nSPS) is 11.0. The third-order valence-electron chi connectivity index (χ3n) is 3.96. The van der Waals surface area contributed by atoms with Crippen LogP contribution in [0.15, 0.2) is 58.1 Å². The summed E-state index contributed by atoms with van der Waals surface area (Å²) in [6.45, 7) is 3.88. The maximum absolute atomic E-state index is 5.35. The number of methoxy groups -OCH3 is 1. The van der Waals surface area contributed by atoms with Crippen LogP contribution in [0.4, 0.5) is 5.69 Å². The van der Waals surface area contributed by atoms with Gasteiger partial charge in [-0.25, -0.2) is 0 Å². The summed E-state index contributed by atoms with van der Waals surface area (Å²) in [7, 11) is 3.81. The van der Waals surface area contributed by atoms with Crippen molar-refractivity contribution < 1.29 is 9.15 Å². The highest BCUT2D eigenvalue weighted by Crippen LogP contribution is 2.10. The molecule has 1 heterocycles. The van der Waals surface area contributed by atoms with Gasteiger partial charge in [0.25, 0.3) is 0 Å². The van der Waals surface area contributed by atoms with Crippen LogP contribution in [0.1, 0.15) is 12.2 Å². The molecule has 0 bridgehead atoms. The largest absolute Gasteiger partial charge is 0.469 e. The van der Waals surface area contributed by atoms with Crippen molar-refractivity contribution in [3.05, 3.63) is 54.5 Å². The van der Waals surface area contributed by atoms with Crippen molar-refractivity contribution >= 4 is 35.6 Å². The van der Waals surface area contributed by atoms with Crippen LogP contribution in [0.5, 0.6) is 0 Å². The second-order valence-electron chi connectivity index (χ2n) is 6.02. The van der Waals surface area contributed by atoms with Gasteiger partial charge in [0.15, 0.2) is 5.96 Å². The van der Waals surface area contributed by atoms with Gasteiger partial charge in [-0.05, 0) is 30.7 Å². The molecule has 0 spiro atoms. The number of aliphatic imine (C=N–C) groups is 1. The lowest BCUT2D eigenvalue weighted by Gasteiger charge is -2.18. The predicted molar refractivity (Wildman–Crippen MR) is 122 cm³/mol. The molecule has 0 atom stereocenters. The Morgan fingerprint density at radius 3 is 2.59 bits per heavy atom. The van der Waals surface area contributed by atoms with Gasteiger partial charge in [-0.2, -0.15) is 0 Å². The van der Waals surface area contributed by atoms with Crippen LogP contribution in [0.25, 0.3) is 0 Å². The van der Waals surface area contributed by atoms with Crippen LogP contribution < -0.4 is 15.5 Å². The summed E-state index contributed by atoms with van der Waals surface area (Å²) in [4.78, 5) is 6.91. The summed E-state index contributed by atoms with van der Waals surface area (Å²) < 4.78 is 10.4. The molecule has 7 heteroatoms. The number of nitrogens with zero attached hydrogens (tertiary/aromatic N) is 2. The molecular formula is C20H31IN4O2. The summed E-state index contributed by atoms with van der Waals surface area (Å²) in [6.07, 6.45) is 3.51. The molecule has 0 saturated heterocycles. The lowest BCUT2D eigenvalue weighted by atomic mass is 10.3. The molecule has 27 heavy (non-hydrogen) atoms. The summed E-state index contributed by atoms with van der Waals surface area (Å²) in [6, 6.07) is 14.3. The number of halogens is 1. The standard InChI is InChI=1S/C20H30N4O2.HI/c1-24(18-8-4-3-5-9-18)15-7-12-21-20(23-14-17-25-2)22-13-11-19-10-6-16-26-19;/h3-6,8-10,16H,7,11-15,17H2,1-2H3,(H2,21,22,23);1H. The minimum Gasteiger partial charge on any atom is -0.469 e. The topological polar surface area (TPSA) is 62.0 Å². The highest BCUT2D eigenvalue weighted by atomic mass is 127. The van der Waals surface area contributed by atoms with E-state index < -0.39 is 0 Å². The molecule has 2 aromatic rings. The summed E-state index contributed by atoms with van der Waals surface area (Å²) in [5.41, 5.74) is 1.23. The molecule has 0 aliphatic rings. The maximum atomic E-state index is 5.35.